The van der Waals surface area contributed by atoms with E-state index in [-0.39, 0.29) is 5.82 Å². The van der Waals surface area contributed by atoms with Crippen LogP contribution in [0.3, 0.4) is 0 Å². The Hall–Kier alpha value is -0.425. The van der Waals surface area contributed by atoms with Gasteiger partial charge in [-0.2, -0.15) is 0 Å². The largest absolute Gasteiger partial charge is 0.631 e. The molecule has 0 aromatic carbocycles. The zero-order chi connectivity index (χ0) is 7.98. The predicted molar refractivity (Wildman–Crippen MR) is 36.7 cm³/mol. The van der Waals surface area contributed by atoms with Gasteiger partial charge in [-0.05, 0) is 11.4 Å². The van der Waals surface area contributed by atoms with E-state index in [1.165, 1.54) is 22.8 Å². The fourth-order valence-corrected chi connectivity index (χ4v) is 0.744. The van der Waals surface area contributed by atoms with Gasteiger partial charge in [-0.25, -0.2) is 4.39 Å². The van der Waals surface area contributed by atoms with Crippen LogP contribution in [-0.2, 0) is 0 Å². The average Bonchev–Trinajstić information content (AvgIpc) is 2.15. The van der Waals surface area contributed by atoms with Gasteiger partial charge in [0, 0.05) is 5.38 Å². The monoisotopic (exact) mass is 164 g/mol. The number of hydrogen-bond donors (Lipinski definition) is 3. The smallest absolute Gasteiger partial charge is 0.402 e. The van der Waals surface area contributed by atoms with E-state index in [2.05, 4.69) is 0 Å². The minimum Gasteiger partial charge on any atom is -0.402 e. The molecule has 0 fully saturated rings. The maximum Gasteiger partial charge on any atom is 0.631 e. The van der Waals surface area contributed by atoms with E-state index in [0.717, 1.165) is 0 Å². The van der Waals surface area contributed by atoms with Crippen molar-refractivity contribution < 1.29 is 19.5 Å². The molecule has 0 unspecified atom stereocenters. The number of hydrogen-bond acceptors (Lipinski definition) is 4. The first-order valence-electron chi connectivity index (χ1n) is 2.35. The molecular weight excluding hydrogens is 158 g/mol. The Morgan fingerprint density at radius 2 is 1.90 bits per heavy atom. The average molecular weight is 164 g/mol. The lowest BCUT2D eigenvalue weighted by Crippen LogP contribution is -2.07. The molecule has 56 valence electrons. The number of thiophene rings is 1. The van der Waals surface area contributed by atoms with Gasteiger partial charge in [0.15, 0.2) is 0 Å². The fourth-order valence-electron chi connectivity index (χ4n) is 0.248. The first-order valence-corrected chi connectivity index (χ1v) is 3.29. The zero-order valence-corrected chi connectivity index (χ0v) is 5.75. The molecule has 3 N–H and O–H groups in total. The SMILES string of the molecule is Fc1ccsc1.OB(O)O. The van der Waals surface area contributed by atoms with E-state index in [4.69, 9.17) is 15.1 Å². The van der Waals surface area contributed by atoms with E-state index in [1.54, 1.807) is 5.38 Å². The maximum absolute atomic E-state index is 11.7. The van der Waals surface area contributed by atoms with Crippen LogP contribution in [0.5, 0.6) is 0 Å². The van der Waals surface area contributed by atoms with Gasteiger partial charge in [-0.1, -0.05) is 0 Å². The molecule has 1 heterocycles. The molecule has 0 aliphatic rings. The summed E-state index contributed by atoms with van der Waals surface area (Å²) in [7, 11) is -2.17. The molecule has 3 nitrogen and oxygen atoms in total. The second-order valence-corrected chi connectivity index (χ2v) is 2.07. The van der Waals surface area contributed by atoms with Gasteiger partial charge in [0.2, 0.25) is 0 Å². The molecule has 0 saturated heterocycles. The standard InChI is InChI=1S/C4H3FS.BH3O3/c5-4-1-2-6-3-4;2-1(3)4/h1-3H;2-4H. The van der Waals surface area contributed by atoms with Crippen molar-refractivity contribution in [3.05, 3.63) is 22.6 Å². The lowest BCUT2D eigenvalue weighted by molar-refractivity contribution is 0.278. The molecule has 0 radical (unpaired) electrons. The van der Waals surface area contributed by atoms with Crippen molar-refractivity contribution in [3.8, 4) is 0 Å². The summed E-state index contributed by atoms with van der Waals surface area (Å²) in [6.07, 6.45) is 0. The summed E-state index contributed by atoms with van der Waals surface area (Å²) in [5.41, 5.74) is 0. The third-order valence-corrected chi connectivity index (χ3v) is 1.14. The third-order valence-electron chi connectivity index (χ3n) is 0.486. The summed E-state index contributed by atoms with van der Waals surface area (Å²) >= 11 is 1.36. The molecule has 1 aromatic heterocycles. The van der Waals surface area contributed by atoms with Gasteiger partial charge in [-0.15, -0.1) is 11.3 Å². The van der Waals surface area contributed by atoms with Crippen molar-refractivity contribution in [1.82, 2.24) is 0 Å². The summed E-state index contributed by atoms with van der Waals surface area (Å²) in [5, 5.41) is 24.7. The van der Waals surface area contributed by atoms with E-state index in [9.17, 15) is 4.39 Å². The molecule has 6 heteroatoms. The van der Waals surface area contributed by atoms with Crippen molar-refractivity contribution in [1.29, 1.82) is 0 Å². The van der Waals surface area contributed by atoms with Crippen molar-refractivity contribution in [2.45, 2.75) is 0 Å². The second kappa shape index (κ2) is 5.37. The summed E-state index contributed by atoms with van der Waals surface area (Å²) < 4.78 is 11.7. The normalized spacial score (nSPS) is 8.00. The van der Waals surface area contributed by atoms with Crippen LogP contribution in [0.4, 0.5) is 4.39 Å². The van der Waals surface area contributed by atoms with Crippen LogP contribution >= 0.6 is 11.3 Å². The Bertz CT molecular complexity index is 153. The summed E-state index contributed by atoms with van der Waals surface area (Å²) in [5.74, 6) is -0.139. The van der Waals surface area contributed by atoms with Crippen molar-refractivity contribution in [2.75, 3.05) is 0 Å². The van der Waals surface area contributed by atoms with Gasteiger partial charge >= 0.3 is 7.32 Å². The van der Waals surface area contributed by atoms with Crippen molar-refractivity contribution in [2.24, 2.45) is 0 Å². The van der Waals surface area contributed by atoms with Crippen molar-refractivity contribution >= 4 is 18.7 Å². The summed E-state index contributed by atoms with van der Waals surface area (Å²) in [6, 6.07) is 1.44. The van der Waals surface area contributed by atoms with Crippen LogP contribution < -0.4 is 0 Å². The summed E-state index contributed by atoms with van der Waals surface area (Å²) in [4.78, 5) is 0. The predicted octanol–water partition coefficient (Wildman–Crippen LogP) is -0.165. The number of rotatable bonds is 0. The zero-order valence-electron chi connectivity index (χ0n) is 4.94. The van der Waals surface area contributed by atoms with Crippen LogP contribution in [0.1, 0.15) is 0 Å². The van der Waals surface area contributed by atoms with E-state index >= 15 is 0 Å². The molecule has 10 heavy (non-hydrogen) atoms. The highest BCUT2D eigenvalue weighted by molar-refractivity contribution is 7.07. The first kappa shape index (κ1) is 9.57. The Balaban J connectivity index is 0.000000180. The van der Waals surface area contributed by atoms with E-state index in [1.807, 2.05) is 0 Å². The highest BCUT2D eigenvalue weighted by atomic mass is 32.1. The van der Waals surface area contributed by atoms with Crippen LogP contribution in [0.25, 0.3) is 0 Å². The molecule has 0 amide bonds. The lowest BCUT2D eigenvalue weighted by atomic mass is 10.3. The van der Waals surface area contributed by atoms with E-state index in [0.29, 0.717) is 0 Å². The molecular formula is C4H6BFO3S. The highest BCUT2D eigenvalue weighted by Gasteiger charge is 1.92. The maximum atomic E-state index is 11.7. The van der Waals surface area contributed by atoms with Gasteiger partial charge < -0.3 is 15.1 Å². The Morgan fingerprint density at radius 1 is 1.40 bits per heavy atom. The molecule has 1 aromatic rings. The van der Waals surface area contributed by atoms with Gasteiger partial charge in [-0.3, -0.25) is 0 Å². The van der Waals surface area contributed by atoms with Crippen LogP contribution in [-0.4, -0.2) is 22.4 Å². The van der Waals surface area contributed by atoms with Gasteiger partial charge in [0.1, 0.15) is 5.82 Å². The van der Waals surface area contributed by atoms with Crippen molar-refractivity contribution in [3.63, 3.8) is 0 Å². The van der Waals surface area contributed by atoms with E-state index < -0.39 is 7.32 Å². The minimum atomic E-state index is -2.17. The lowest BCUT2D eigenvalue weighted by Gasteiger charge is -1.69. The molecule has 1 rings (SSSR count). The molecule has 0 saturated carbocycles. The Labute approximate surface area is 61.6 Å². The summed E-state index contributed by atoms with van der Waals surface area (Å²) in [6.45, 7) is 0. The molecule has 0 spiro atoms. The molecule has 0 aliphatic heterocycles. The van der Waals surface area contributed by atoms with Crippen LogP contribution in [0.2, 0.25) is 0 Å². The second-order valence-electron chi connectivity index (χ2n) is 1.29. The Morgan fingerprint density at radius 3 is 2.00 bits per heavy atom. The highest BCUT2D eigenvalue weighted by Crippen LogP contribution is 2.00. The van der Waals surface area contributed by atoms with Gasteiger partial charge in [0.05, 0.1) is 0 Å². The minimum absolute atomic E-state index is 0.139. The van der Waals surface area contributed by atoms with Gasteiger partial charge in [0.25, 0.3) is 0 Å². The third kappa shape index (κ3) is 7.57. The molecule has 0 bridgehead atoms. The first-order chi connectivity index (χ1) is 4.63. The molecule has 0 atom stereocenters. The molecule has 0 aliphatic carbocycles. The topological polar surface area (TPSA) is 60.7 Å². The van der Waals surface area contributed by atoms with Crippen LogP contribution in [0, 0.1) is 5.82 Å². The quantitative estimate of drug-likeness (QED) is 0.466. The van der Waals surface area contributed by atoms with Crippen LogP contribution in [0.15, 0.2) is 16.8 Å². The number of halogens is 1. The Kier molecular flexibility index (Phi) is 5.14. The fraction of sp³-hybridized carbons (Fsp3) is 0.